The number of benzene rings is 1. The summed E-state index contributed by atoms with van der Waals surface area (Å²) in [7, 11) is 0. The molecule has 0 saturated heterocycles. The Hall–Kier alpha value is -2.16. The van der Waals surface area contributed by atoms with Gasteiger partial charge in [-0.2, -0.15) is 13.2 Å². The predicted molar refractivity (Wildman–Crippen MR) is 64.1 cm³/mol. The van der Waals surface area contributed by atoms with Crippen LogP contribution in [0, 0.1) is 0 Å². The third kappa shape index (κ3) is 3.05. The molecule has 1 aromatic carbocycles. The normalized spacial score (nSPS) is 11.6. The average molecular weight is 304 g/mol. The van der Waals surface area contributed by atoms with Crippen LogP contribution in [0.4, 0.5) is 13.2 Å². The number of rotatable bonds is 2. The lowest BCUT2D eigenvalue weighted by atomic mass is 10.2. The highest BCUT2D eigenvalue weighted by Crippen LogP contribution is 2.33. The maximum atomic E-state index is 12.5. The number of halogens is 3. The van der Waals surface area contributed by atoms with Crippen LogP contribution in [0.15, 0.2) is 49.8 Å². The van der Waals surface area contributed by atoms with Crippen molar-refractivity contribution in [3.8, 4) is 0 Å². The molecule has 0 unspecified atom stereocenters. The lowest BCUT2D eigenvalue weighted by Gasteiger charge is -2.08. The van der Waals surface area contributed by atoms with Crippen molar-refractivity contribution in [2.75, 3.05) is 0 Å². The fraction of sp³-hybridized carbons (Fsp3) is 0.0909. The van der Waals surface area contributed by atoms with E-state index in [9.17, 15) is 22.8 Å². The fourth-order valence-electron chi connectivity index (χ4n) is 1.39. The molecule has 5 nitrogen and oxygen atoms in total. The molecule has 0 radical (unpaired) electrons. The molecule has 0 saturated carbocycles. The summed E-state index contributed by atoms with van der Waals surface area (Å²) in [6, 6.07) is 5.34. The number of H-pyrrole nitrogens is 1. The van der Waals surface area contributed by atoms with Gasteiger partial charge in [0.2, 0.25) is 0 Å². The fourth-order valence-corrected chi connectivity index (χ4v) is 2.27. The van der Waals surface area contributed by atoms with E-state index in [1.165, 1.54) is 12.1 Å². The van der Waals surface area contributed by atoms with Crippen LogP contribution in [-0.4, -0.2) is 14.9 Å². The molecular weight excluding hydrogens is 297 g/mol. The Morgan fingerprint density at radius 3 is 2.50 bits per heavy atom. The highest BCUT2D eigenvalue weighted by molar-refractivity contribution is 7.99. The van der Waals surface area contributed by atoms with Crippen LogP contribution < -0.4 is 11.2 Å². The molecule has 20 heavy (non-hydrogen) atoms. The first-order valence-corrected chi connectivity index (χ1v) is 6.00. The van der Waals surface area contributed by atoms with Crippen molar-refractivity contribution in [2.24, 2.45) is 0 Å². The van der Waals surface area contributed by atoms with Gasteiger partial charge >= 0.3 is 11.9 Å². The van der Waals surface area contributed by atoms with Crippen LogP contribution >= 0.6 is 11.8 Å². The van der Waals surface area contributed by atoms with E-state index >= 15 is 0 Å². The molecule has 0 aliphatic rings. The molecule has 1 heterocycles. The van der Waals surface area contributed by atoms with Gasteiger partial charge in [0.25, 0.3) is 5.56 Å². The van der Waals surface area contributed by atoms with E-state index in [2.05, 4.69) is 4.98 Å². The molecule has 2 aromatic rings. The molecule has 9 heteroatoms. The molecule has 0 aliphatic carbocycles. The zero-order chi connectivity index (χ0) is 14.9. The summed E-state index contributed by atoms with van der Waals surface area (Å²) in [6.07, 6.45) is -4.47. The quantitative estimate of drug-likeness (QED) is 0.657. The Bertz CT molecular complexity index is 720. The highest BCUT2D eigenvalue weighted by Gasteiger charge is 2.30. The Kier molecular flexibility index (Phi) is 3.62. The number of hydrogen-bond donors (Lipinski definition) is 2. The van der Waals surface area contributed by atoms with E-state index in [0.29, 0.717) is 0 Å². The molecule has 0 atom stereocenters. The highest BCUT2D eigenvalue weighted by atomic mass is 32.2. The van der Waals surface area contributed by atoms with E-state index in [1.807, 2.05) is 0 Å². The van der Waals surface area contributed by atoms with Crippen molar-refractivity contribution in [1.82, 2.24) is 9.71 Å². The molecule has 2 N–H and O–H groups in total. The summed E-state index contributed by atoms with van der Waals surface area (Å²) < 4.78 is 37.5. The van der Waals surface area contributed by atoms with Gasteiger partial charge in [-0.05, 0) is 18.2 Å². The first kappa shape index (κ1) is 14.3. The van der Waals surface area contributed by atoms with Gasteiger partial charge in [0.15, 0.2) is 0 Å². The molecule has 0 amide bonds. The molecule has 1 aromatic heterocycles. The molecule has 0 bridgehead atoms. The van der Waals surface area contributed by atoms with E-state index in [1.54, 1.807) is 0 Å². The van der Waals surface area contributed by atoms with E-state index in [0.717, 1.165) is 30.0 Å². The Labute approximate surface area is 113 Å². The summed E-state index contributed by atoms with van der Waals surface area (Å²) >= 11 is 0.775. The Morgan fingerprint density at radius 2 is 1.90 bits per heavy atom. The van der Waals surface area contributed by atoms with Crippen LogP contribution in [0.25, 0.3) is 0 Å². The summed E-state index contributed by atoms with van der Waals surface area (Å²) in [6.45, 7) is 0. The van der Waals surface area contributed by atoms with Gasteiger partial charge in [-0.15, -0.1) is 0 Å². The maximum Gasteiger partial charge on any atom is 0.416 e. The second-order valence-electron chi connectivity index (χ2n) is 3.72. The minimum Gasteiger partial charge on any atom is -0.421 e. The number of hydrogen-bond acceptors (Lipinski definition) is 4. The Balaban J connectivity index is 2.36. The first-order valence-electron chi connectivity index (χ1n) is 5.18. The monoisotopic (exact) mass is 304 g/mol. The van der Waals surface area contributed by atoms with Crippen molar-refractivity contribution >= 4 is 11.8 Å². The third-order valence-electron chi connectivity index (χ3n) is 2.27. The van der Waals surface area contributed by atoms with Gasteiger partial charge in [-0.1, -0.05) is 22.6 Å². The zero-order valence-electron chi connectivity index (χ0n) is 9.64. The Morgan fingerprint density at radius 1 is 1.20 bits per heavy atom. The van der Waals surface area contributed by atoms with Crippen LogP contribution in [0.5, 0.6) is 0 Å². The molecule has 106 valence electrons. The number of aromatic nitrogens is 2. The van der Waals surface area contributed by atoms with Crippen molar-refractivity contribution in [1.29, 1.82) is 0 Å². The van der Waals surface area contributed by atoms with Crippen LogP contribution in [0.3, 0.4) is 0 Å². The molecule has 0 fully saturated rings. The van der Waals surface area contributed by atoms with Crippen molar-refractivity contribution in [3.05, 3.63) is 56.7 Å². The third-order valence-corrected chi connectivity index (χ3v) is 3.20. The van der Waals surface area contributed by atoms with E-state index in [-0.39, 0.29) is 14.7 Å². The van der Waals surface area contributed by atoms with E-state index in [4.69, 9.17) is 5.21 Å². The summed E-state index contributed by atoms with van der Waals surface area (Å²) in [5, 5.41) is 8.98. The van der Waals surface area contributed by atoms with Gasteiger partial charge in [0, 0.05) is 11.0 Å². The number of nitrogens with zero attached hydrogens (tertiary/aromatic N) is 1. The van der Waals surface area contributed by atoms with Gasteiger partial charge in [0.05, 0.1) is 10.6 Å². The maximum absolute atomic E-state index is 12.5. The van der Waals surface area contributed by atoms with Gasteiger partial charge in [-0.25, -0.2) is 4.79 Å². The predicted octanol–water partition coefficient (Wildman–Crippen LogP) is 1.94. The summed E-state index contributed by atoms with van der Waals surface area (Å²) in [5.41, 5.74) is -2.87. The summed E-state index contributed by atoms with van der Waals surface area (Å²) in [4.78, 5) is 24.7. The SMILES string of the molecule is O=c1cc(Sc2cccc(C(F)(F)F)c2)[nH]c(=O)n1O. The molecular formula is C11H7F3N2O3S. The van der Waals surface area contributed by atoms with Gasteiger partial charge in [0.1, 0.15) is 0 Å². The molecule has 2 rings (SSSR count). The lowest BCUT2D eigenvalue weighted by molar-refractivity contribution is -0.137. The lowest BCUT2D eigenvalue weighted by Crippen LogP contribution is -2.32. The van der Waals surface area contributed by atoms with Crippen LogP contribution in [0.2, 0.25) is 0 Å². The first-order chi connectivity index (χ1) is 9.27. The molecule has 0 spiro atoms. The average Bonchev–Trinajstić information content (AvgIpc) is 2.35. The molecule has 0 aliphatic heterocycles. The van der Waals surface area contributed by atoms with Gasteiger partial charge < -0.3 is 5.21 Å². The second kappa shape index (κ2) is 5.08. The van der Waals surface area contributed by atoms with Crippen molar-refractivity contribution in [3.63, 3.8) is 0 Å². The second-order valence-corrected chi connectivity index (χ2v) is 4.83. The zero-order valence-corrected chi connectivity index (χ0v) is 10.5. The topological polar surface area (TPSA) is 75.1 Å². The number of nitrogens with one attached hydrogen (secondary N) is 1. The van der Waals surface area contributed by atoms with Crippen LogP contribution in [-0.2, 0) is 6.18 Å². The minimum absolute atomic E-state index is 0.0321. The standard InChI is InChI=1S/C11H7F3N2O3S/c12-11(13,14)6-2-1-3-7(4-6)20-8-5-9(17)16(19)10(18)15-8/h1-5,19H,(H,15,18). The van der Waals surface area contributed by atoms with Crippen LogP contribution in [0.1, 0.15) is 5.56 Å². The van der Waals surface area contributed by atoms with Crippen molar-refractivity contribution < 1.29 is 18.4 Å². The van der Waals surface area contributed by atoms with Gasteiger partial charge in [-0.3, -0.25) is 9.78 Å². The van der Waals surface area contributed by atoms with E-state index < -0.39 is 23.0 Å². The smallest absolute Gasteiger partial charge is 0.416 e. The summed E-state index contributed by atoms with van der Waals surface area (Å²) in [5.74, 6) is 0. The number of aromatic amines is 1. The largest absolute Gasteiger partial charge is 0.421 e. The van der Waals surface area contributed by atoms with Crippen molar-refractivity contribution in [2.45, 2.75) is 16.1 Å². The number of alkyl halides is 3. The minimum atomic E-state index is -4.47.